The molecule has 1 fully saturated rings. The Bertz CT molecular complexity index is 581. The quantitative estimate of drug-likeness (QED) is 0.726. The second-order valence-corrected chi connectivity index (χ2v) is 7.83. The fourth-order valence-electron chi connectivity index (χ4n) is 2.71. The third kappa shape index (κ3) is 5.39. The molecule has 0 heterocycles. The molecule has 0 aromatic heterocycles. The van der Waals surface area contributed by atoms with Crippen molar-refractivity contribution in [2.45, 2.75) is 32.1 Å². The van der Waals surface area contributed by atoms with Crippen molar-refractivity contribution in [3.8, 4) is 11.8 Å². The first-order valence-corrected chi connectivity index (χ1v) is 9.24. The molecule has 0 bridgehead atoms. The lowest BCUT2D eigenvalue weighted by molar-refractivity contribution is 0.317. The summed E-state index contributed by atoms with van der Waals surface area (Å²) >= 11 is 0. The van der Waals surface area contributed by atoms with Gasteiger partial charge < -0.3 is 4.74 Å². The van der Waals surface area contributed by atoms with Crippen molar-refractivity contribution in [3.63, 3.8) is 0 Å². The molecule has 0 unspecified atom stereocenters. The summed E-state index contributed by atoms with van der Waals surface area (Å²) in [7, 11) is -2.95. The van der Waals surface area contributed by atoms with E-state index < -0.39 is 9.84 Å². The van der Waals surface area contributed by atoms with Crippen molar-refractivity contribution in [1.29, 1.82) is 5.26 Å². The molecule has 0 aliphatic heterocycles. The first-order valence-electron chi connectivity index (χ1n) is 7.42. The van der Waals surface area contributed by atoms with Gasteiger partial charge in [-0.3, -0.25) is 0 Å². The Morgan fingerprint density at radius 1 is 1.19 bits per heavy atom. The molecular weight excluding hydrogens is 286 g/mol. The monoisotopic (exact) mass is 307 g/mol. The van der Waals surface area contributed by atoms with Gasteiger partial charge in [0.25, 0.3) is 0 Å². The van der Waals surface area contributed by atoms with Crippen LogP contribution < -0.4 is 4.74 Å². The molecule has 1 aliphatic carbocycles. The molecule has 5 heteroatoms. The second-order valence-electron chi connectivity index (χ2n) is 5.60. The zero-order chi connectivity index (χ0) is 15.1. The number of hydrogen-bond acceptors (Lipinski definition) is 4. The number of ether oxygens (including phenoxy) is 1. The van der Waals surface area contributed by atoms with Gasteiger partial charge in [0.1, 0.15) is 5.75 Å². The third-order valence-corrected chi connectivity index (χ3v) is 5.71. The Morgan fingerprint density at radius 3 is 2.48 bits per heavy atom. The molecule has 0 saturated heterocycles. The molecule has 0 spiro atoms. The highest BCUT2D eigenvalue weighted by Crippen LogP contribution is 2.26. The van der Waals surface area contributed by atoms with Crippen LogP contribution in [0.5, 0.6) is 5.75 Å². The van der Waals surface area contributed by atoms with Crippen LogP contribution in [0.3, 0.4) is 0 Å². The maximum atomic E-state index is 12.0. The van der Waals surface area contributed by atoms with Gasteiger partial charge in [0.15, 0.2) is 9.84 Å². The molecule has 21 heavy (non-hydrogen) atoms. The van der Waals surface area contributed by atoms with E-state index in [1.807, 2.05) is 6.07 Å². The summed E-state index contributed by atoms with van der Waals surface area (Å²) in [6, 6.07) is 8.87. The van der Waals surface area contributed by atoms with Gasteiger partial charge in [-0.25, -0.2) is 8.42 Å². The Labute approximate surface area is 126 Å². The van der Waals surface area contributed by atoms with Gasteiger partial charge in [-0.1, -0.05) is 12.8 Å². The first-order chi connectivity index (χ1) is 10.1. The SMILES string of the molecule is N#Cc1ccc(OCCCS(=O)(=O)CC2CCCC2)cc1. The van der Waals surface area contributed by atoms with Gasteiger partial charge >= 0.3 is 0 Å². The van der Waals surface area contributed by atoms with Gasteiger partial charge in [-0.15, -0.1) is 0 Å². The van der Waals surface area contributed by atoms with Crippen LogP contribution in [-0.4, -0.2) is 26.5 Å². The number of hydrogen-bond donors (Lipinski definition) is 0. The number of benzene rings is 1. The highest BCUT2D eigenvalue weighted by Gasteiger charge is 2.22. The Balaban J connectivity index is 1.69. The third-order valence-electron chi connectivity index (χ3n) is 3.82. The van der Waals surface area contributed by atoms with Gasteiger partial charge in [-0.2, -0.15) is 5.26 Å². The van der Waals surface area contributed by atoms with Crippen molar-refractivity contribution in [3.05, 3.63) is 29.8 Å². The normalized spacial score (nSPS) is 15.8. The molecule has 0 N–H and O–H groups in total. The van der Waals surface area contributed by atoms with Crippen LogP contribution in [0.4, 0.5) is 0 Å². The van der Waals surface area contributed by atoms with E-state index in [0.29, 0.717) is 36.0 Å². The summed E-state index contributed by atoms with van der Waals surface area (Å²) in [6.45, 7) is 0.385. The van der Waals surface area contributed by atoms with E-state index >= 15 is 0 Å². The molecule has 114 valence electrons. The van der Waals surface area contributed by atoms with E-state index in [1.165, 1.54) is 12.8 Å². The van der Waals surface area contributed by atoms with E-state index in [2.05, 4.69) is 0 Å². The average Bonchev–Trinajstić information content (AvgIpc) is 2.96. The van der Waals surface area contributed by atoms with Crippen LogP contribution in [0.25, 0.3) is 0 Å². The number of sulfone groups is 1. The van der Waals surface area contributed by atoms with Gasteiger partial charge in [0.2, 0.25) is 0 Å². The predicted molar refractivity (Wildman–Crippen MR) is 81.9 cm³/mol. The minimum atomic E-state index is -2.95. The Kier molecular flexibility index (Phi) is 5.63. The topological polar surface area (TPSA) is 67.2 Å². The van der Waals surface area contributed by atoms with E-state index in [-0.39, 0.29) is 5.75 Å². The maximum absolute atomic E-state index is 12.0. The van der Waals surface area contributed by atoms with Crippen LogP contribution in [0.2, 0.25) is 0 Å². The second kappa shape index (κ2) is 7.46. The summed E-state index contributed by atoms with van der Waals surface area (Å²) in [5.41, 5.74) is 0.585. The zero-order valence-corrected chi connectivity index (χ0v) is 12.9. The molecule has 0 radical (unpaired) electrons. The minimum absolute atomic E-state index is 0.194. The molecule has 1 saturated carbocycles. The maximum Gasteiger partial charge on any atom is 0.150 e. The number of nitriles is 1. The van der Waals surface area contributed by atoms with Gasteiger partial charge in [0, 0.05) is 0 Å². The zero-order valence-electron chi connectivity index (χ0n) is 12.1. The fraction of sp³-hybridized carbons (Fsp3) is 0.562. The lowest BCUT2D eigenvalue weighted by Gasteiger charge is -2.10. The van der Waals surface area contributed by atoms with E-state index in [4.69, 9.17) is 10.00 Å². The van der Waals surface area contributed by atoms with E-state index in [9.17, 15) is 8.42 Å². The predicted octanol–water partition coefficient (Wildman–Crippen LogP) is 2.93. The van der Waals surface area contributed by atoms with E-state index in [1.54, 1.807) is 24.3 Å². The fourth-order valence-corrected chi connectivity index (χ4v) is 4.49. The van der Waals surface area contributed by atoms with Gasteiger partial charge in [0.05, 0.1) is 29.7 Å². The van der Waals surface area contributed by atoms with Crippen molar-refractivity contribution in [2.75, 3.05) is 18.1 Å². The molecule has 0 amide bonds. The standard InChI is InChI=1S/C16H21NO3S/c17-12-14-6-8-16(9-7-14)20-10-3-11-21(18,19)13-15-4-1-2-5-15/h6-9,15H,1-5,10-11,13H2. The van der Waals surface area contributed by atoms with Crippen molar-refractivity contribution < 1.29 is 13.2 Å². The summed E-state index contributed by atoms with van der Waals surface area (Å²) in [4.78, 5) is 0. The number of nitrogens with zero attached hydrogens (tertiary/aromatic N) is 1. The summed E-state index contributed by atoms with van der Waals surface area (Å²) in [6.07, 6.45) is 4.96. The Morgan fingerprint density at radius 2 is 1.86 bits per heavy atom. The van der Waals surface area contributed by atoms with Crippen LogP contribution in [0.15, 0.2) is 24.3 Å². The Hall–Kier alpha value is -1.54. The lowest BCUT2D eigenvalue weighted by atomic mass is 10.1. The highest BCUT2D eigenvalue weighted by atomic mass is 32.2. The highest BCUT2D eigenvalue weighted by molar-refractivity contribution is 7.91. The molecule has 1 aromatic rings. The van der Waals surface area contributed by atoms with E-state index in [0.717, 1.165) is 12.8 Å². The summed E-state index contributed by atoms with van der Waals surface area (Å²) in [5, 5.41) is 8.69. The molecule has 1 aliphatic rings. The van der Waals surface area contributed by atoms with Crippen LogP contribution in [0.1, 0.15) is 37.7 Å². The molecule has 0 atom stereocenters. The smallest absolute Gasteiger partial charge is 0.150 e. The van der Waals surface area contributed by atoms with Gasteiger partial charge in [-0.05, 0) is 49.4 Å². The van der Waals surface area contributed by atoms with Crippen molar-refractivity contribution in [1.82, 2.24) is 0 Å². The van der Waals surface area contributed by atoms with Crippen LogP contribution in [0, 0.1) is 17.2 Å². The largest absolute Gasteiger partial charge is 0.494 e. The van der Waals surface area contributed by atoms with Crippen molar-refractivity contribution >= 4 is 9.84 Å². The summed E-state index contributed by atoms with van der Waals surface area (Å²) in [5.74, 6) is 1.57. The minimum Gasteiger partial charge on any atom is -0.494 e. The lowest BCUT2D eigenvalue weighted by Crippen LogP contribution is -2.18. The van der Waals surface area contributed by atoms with Crippen LogP contribution >= 0.6 is 0 Å². The molecular formula is C16H21NO3S. The molecule has 1 aromatic carbocycles. The first kappa shape index (κ1) is 15.8. The number of rotatable bonds is 7. The molecule has 2 rings (SSSR count). The average molecular weight is 307 g/mol. The van der Waals surface area contributed by atoms with Crippen molar-refractivity contribution in [2.24, 2.45) is 5.92 Å². The summed E-state index contributed by atoms with van der Waals surface area (Å²) < 4.78 is 29.5. The van der Waals surface area contributed by atoms with Crippen LogP contribution in [-0.2, 0) is 9.84 Å². The molecule has 4 nitrogen and oxygen atoms in total.